The number of nitrogens with one attached hydrogen (secondary N) is 1. The van der Waals surface area contributed by atoms with E-state index in [-0.39, 0.29) is 0 Å². The summed E-state index contributed by atoms with van der Waals surface area (Å²) in [7, 11) is 0. The fraction of sp³-hybridized carbons (Fsp3) is 0.455. The van der Waals surface area contributed by atoms with Crippen LogP contribution in [-0.4, -0.2) is 22.8 Å². The first-order valence-electron chi connectivity index (χ1n) is 5.61. The quantitative estimate of drug-likeness (QED) is 0.922. The fourth-order valence-electron chi connectivity index (χ4n) is 1.56. The van der Waals surface area contributed by atoms with Crippen LogP contribution in [0.4, 0.5) is 0 Å². The summed E-state index contributed by atoms with van der Waals surface area (Å²) in [6.45, 7) is 0.916. The summed E-state index contributed by atoms with van der Waals surface area (Å²) in [4.78, 5) is 0. The van der Waals surface area contributed by atoms with Crippen LogP contribution in [-0.2, 0) is 6.42 Å². The third-order valence-corrected chi connectivity index (χ3v) is 4.13. The molecule has 0 amide bonds. The SMILES string of the molecule is Brc1cc(-c2nnc(CCNC3CC3)o2)cs1. The van der Waals surface area contributed by atoms with Crippen LogP contribution in [0.25, 0.3) is 11.5 Å². The second-order valence-corrected chi connectivity index (χ2v) is 6.41. The van der Waals surface area contributed by atoms with E-state index in [1.807, 2.05) is 11.4 Å². The molecule has 1 aliphatic rings. The van der Waals surface area contributed by atoms with Gasteiger partial charge in [-0.25, -0.2) is 0 Å². The lowest BCUT2D eigenvalue weighted by Gasteiger charge is -1.97. The molecule has 0 bridgehead atoms. The van der Waals surface area contributed by atoms with Gasteiger partial charge in [0.2, 0.25) is 11.8 Å². The maximum Gasteiger partial charge on any atom is 0.248 e. The lowest BCUT2D eigenvalue weighted by atomic mass is 10.3. The number of hydrogen-bond donors (Lipinski definition) is 1. The third-order valence-electron chi connectivity index (χ3n) is 2.63. The van der Waals surface area contributed by atoms with E-state index in [0.717, 1.165) is 28.4 Å². The molecule has 1 N–H and O–H groups in total. The van der Waals surface area contributed by atoms with Crippen LogP contribution >= 0.6 is 27.3 Å². The Morgan fingerprint density at radius 2 is 2.35 bits per heavy atom. The molecule has 0 saturated heterocycles. The molecule has 17 heavy (non-hydrogen) atoms. The summed E-state index contributed by atoms with van der Waals surface area (Å²) < 4.78 is 6.68. The van der Waals surface area contributed by atoms with E-state index in [0.29, 0.717) is 11.8 Å². The molecule has 1 saturated carbocycles. The van der Waals surface area contributed by atoms with Gasteiger partial charge >= 0.3 is 0 Å². The van der Waals surface area contributed by atoms with Gasteiger partial charge in [-0.1, -0.05) is 0 Å². The Labute approximate surface area is 112 Å². The summed E-state index contributed by atoms with van der Waals surface area (Å²) in [6, 6.07) is 2.72. The first-order valence-corrected chi connectivity index (χ1v) is 7.29. The topological polar surface area (TPSA) is 51.0 Å². The van der Waals surface area contributed by atoms with Crippen molar-refractivity contribution in [3.63, 3.8) is 0 Å². The minimum atomic E-state index is 0.605. The summed E-state index contributed by atoms with van der Waals surface area (Å²) >= 11 is 5.03. The Hall–Kier alpha value is -0.720. The van der Waals surface area contributed by atoms with Gasteiger partial charge in [-0.15, -0.1) is 21.5 Å². The molecule has 4 nitrogen and oxygen atoms in total. The van der Waals surface area contributed by atoms with E-state index < -0.39 is 0 Å². The zero-order valence-corrected chi connectivity index (χ0v) is 11.6. The largest absolute Gasteiger partial charge is 0.421 e. The first-order chi connectivity index (χ1) is 8.31. The second-order valence-electron chi connectivity index (χ2n) is 4.12. The van der Waals surface area contributed by atoms with Crippen molar-refractivity contribution in [1.82, 2.24) is 15.5 Å². The maximum atomic E-state index is 5.61. The highest BCUT2D eigenvalue weighted by atomic mass is 79.9. The molecule has 0 aromatic carbocycles. The van der Waals surface area contributed by atoms with Crippen LogP contribution in [0.15, 0.2) is 19.6 Å². The molecule has 1 fully saturated rings. The van der Waals surface area contributed by atoms with Crippen molar-refractivity contribution in [2.45, 2.75) is 25.3 Å². The highest BCUT2D eigenvalue weighted by Gasteiger charge is 2.20. The molecule has 90 valence electrons. The number of nitrogens with zero attached hydrogens (tertiary/aromatic N) is 2. The van der Waals surface area contributed by atoms with Gasteiger partial charge in [0.1, 0.15) is 0 Å². The van der Waals surface area contributed by atoms with Crippen LogP contribution in [0, 0.1) is 0 Å². The summed E-state index contributed by atoms with van der Waals surface area (Å²) in [5.41, 5.74) is 0.982. The Bertz CT molecular complexity index is 506. The Kier molecular flexibility index (Phi) is 3.26. The minimum Gasteiger partial charge on any atom is -0.421 e. The van der Waals surface area contributed by atoms with Crippen molar-refractivity contribution in [2.75, 3.05) is 6.54 Å². The van der Waals surface area contributed by atoms with Crippen molar-refractivity contribution >= 4 is 27.3 Å². The summed E-state index contributed by atoms with van der Waals surface area (Å²) in [5.74, 6) is 1.31. The van der Waals surface area contributed by atoms with Gasteiger partial charge in [-0.3, -0.25) is 0 Å². The van der Waals surface area contributed by atoms with E-state index in [1.165, 1.54) is 12.8 Å². The number of thiophene rings is 1. The second kappa shape index (κ2) is 4.88. The molecule has 6 heteroatoms. The lowest BCUT2D eigenvalue weighted by Crippen LogP contribution is -2.19. The van der Waals surface area contributed by atoms with Crippen molar-refractivity contribution in [1.29, 1.82) is 0 Å². The zero-order valence-electron chi connectivity index (χ0n) is 9.15. The van der Waals surface area contributed by atoms with Gasteiger partial charge in [0.15, 0.2) is 0 Å². The standard InChI is InChI=1S/C11H12BrN3OS/c12-9-5-7(6-17-9)11-15-14-10(16-11)3-4-13-8-1-2-8/h5-6,8,13H,1-4H2. The predicted octanol–water partition coefficient (Wildman–Crippen LogP) is 2.86. The minimum absolute atomic E-state index is 0.605. The van der Waals surface area contributed by atoms with Crippen LogP contribution in [0.1, 0.15) is 18.7 Å². The fourth-order valence-corrected chi connectivity index (χ4v) is 2.69. The average molecular weight is 314 g/mol. The van der Waals surface area contributed by atoms with Crippen LogP contribution < -0.4 is 5.32 Å². The highest BCUT2D eigenvalue weighted by Crippen LogP contribution is 2.28. The lowest BCUT2D eigenvalue weighted by molar-refractivity contribution is 0.494. The molecule has 3 rings (SSSR count). The molecule has 0 spiro atoms. The van der Waals surface area contributed by atoms with Gasteiger partial charge in [-0.05, 0) is 34.8 Å². The molecule has 2 aromatic heterocycles. The Morgan fingerprint density at radius 3 is 3.06 bits per heavy atom. The summed E-state index contributed by atoms with van der Waals surface area (Å²) in [5, 5.41) is 13.5. The Balaban J connectivity index is 1.61. The predicted molar refractivity (Wildman–Crippen MR) is 70.0 cm³/mol. The molecule has 0 radical (unpaired) electrons. The van der Waals surface area contributed by atoms with Crippen LogP contribution in [0.3, 0.4) is 0 Å². The molecule has 2 aromatic rings. The smallest absolute Gasteiger partial charge is 0.248 e. The van der Waals surface area contributed by atoms with E-state index in [1.54, 1.807) is 11.3 Å². The third kappa shape index (κ3) is 2.94. The van der Waals surface area contributed by atoms with E-state index in [2.05, 4.69) is 31.4 Å². The van der Waals surface area contributed by atoms with Gasteiger partial charge in [0.25, 0.3) is 0 Å². The molecular formula is C11H12BrN3OS. The van der Waals surface area contributed by atoms with Crippen LogP contribution in [0.5, 0.6) is 0 Å². The van der Waals surface area contributed by atoms with Gasteiger partial charge in [0, 0.05) is 24.4 Å². The van der Waals surface area contributed by atoms with Gasteiger partial charge in [0.05, 0.1) is 9.35 Å². The average Bonchev–Trinajstić information content (AvgIpc) is 2.85. The molecule has 1 aliphatic carbocycles. The Morgan fingerprint density at radius 1 is 1.47 bits per heavy atom. The molecule has 0 unspecified atom stereocenters. The maximum absolute atomic E-state index is 5.61. The molecule has 0 atom stereocenters. The number of aromatic nitrogens is 2. The van der Waals surface area contributed by atoms with E-state index in [9.17, 15) is 0 Å². The number of hydrogen-bond acceptors (Lipinski definition) is 5. The van der Waals surface area contributed by atoms with E-state index in [4.69, 9.17) is 4.42 Å². The summed E-state index contributed by atoms with van der Waals surface area (Å²) in [6.07, 6.45) is 3.41. The van der Waals surface area contributed by atoms with Crippen molar-refractivity contribution < 1.29 is 4.42 Å². The van der Waals surface area contributed by atoms with Gasteiger partial charge in [-0.2, -0.15) is 0 Å². The number of halogens is 1. The first kappa shape index (κ1) is 11.4. The van der Waals surface area contributed by atoms with Crippen LogP contribution in [0.2, 0.25) is 0 Å². The van der Waals surface area contributed by atoms with Crippen molar-refractivity contribution in [2.24, 2.45) is 0 Å². The molecule has 0 aliphatic heterocycles. The van der Waals surface area contributed by atoms with Crippen molar-refractivity contribution in [3.05, 3.63) is 21.1 Å². The normalized spacial score (nSPS) is 15.4. The van der Waals surface area contributed by atoms with Gasteiger partial charge < -0.3 is 9.73 Å². The number of rotatable bonds is 5. The highest BCUT2D eigenvalue weighted by molar-refractivity contribution is 9.11. The monoisotopic (exact) mass is 313 g/mol. The molecular weight excluding hydrogens is 302 g/mol. The van der Waals surface area contributed by atoms with Crippen molar-refractivity contribution in [3.8, 4) is 11.5 Å². The zero-order chi connectivity index (χ0) is 11.7. The molecule has 2 heterocycles. The van der Waals surface area contributed by atoms with E-state index >= 15 is 0 Å².